The third-order valence-corrected chi connectivity index (χ3v) is 5.66. The summed E-state index contributed by atoms with van der Waals surface area (Å²) in [7, 11) is 0. The summed E-state index contributed by atoms with van der Waals surface area (Å²) < 4.78 is 35.8. The number of anilines is 1. The molecule has 1 saturated heterocycles. The molecule has 1 aromatic heterocycles. The number of aromatic nitrogens is 2. The number of hydrogen-bond donors (Lipinski definition) is 2. The number of nitrogens with one attached hydrogen (secondary N) is 2. The van der Waals surface area contributed by atoms with Crippen LogP contribution >= 0.6 is 0 Å². The van der Waals surface area contributed by atoms with Crippen LogP contribution in [0.2, 0.25) is 0 Å². The first kappa shape index (κ1) is 23.8. The van der Waals surface area contributed by atoms with Gasteiger partial charge in [-0.15, -0.1) is 0 Å². The average molecular weight is 449 g/mol. The van der Waals surface area contributed by atoms with Gasteiger partial charge in [0.05, 0.1) is 30.9 Å². The van der Waals surface area contributed by atoms with Crippen LogP contribution in [-0.2, 0) is 26.8 Å². The lowest BCUT2D eigenvalue weighted by Crippen LogP contribution is -2.28. The predicted molar refractivity (Wildman–Crippen MR) is 117 cm³/mol. The Kier molecular flexibility index (Phi) is 7.28. The summed E-state index contributed by atoms with van der Waals surface area (Å²) in [4.78, 5) is 24.4. The number of rotatable bonds is 9. The van der Waals surface area contributed by atoms with Crippen molar-refractivity contribution in [2.24, 2.45) is 11.8 Å². The van der Waals surface area contributed by atoms with E-state index in [4.69, 9.17) is 4.74 Å². The molecule has 2 atom stereocenters. The van der Waals surface area contributed by atoms with E-state index in [1.54, 1.807) is 29.8 Å². The molecular weight excluding hydrogens is 418 g/mol. The Hall–Kier alpha value is -2.81. The summed E-state index contributed by atoms with van der Waals surface area (Å²) >= 11 is 0. The monoisotopic (exact) mass is 448 g/mol. The smallest absolute Gasteiger partial charge is 0.273 e. The Morgan fingerprint density at radius 3 is 2.75 bits per heavy atom. The SMILES string of the molecule is CCC(F)(F)c1cccc(-c2cc(NC(=O)[C@H]3CNC(=O)[C@@H]3C)nn2CCOC(C)C)c1. The average Bonchev–Trinajstić information content (AvgIpc) is 3.30. The predicted octanol–water partition coefficient (Wildman–Crippen LogP) is 3.80. The van der Waals surface area contributed by atoms with Crippen molar-refractivity contribution in [1.82, 2.24) is 15.1 Å². The van der Waals surface area contributed by atoms with Crippen molar-refractivity contribution >= 4 is 17.6 Å². The van der Waals surface area contributed by atoms with Gasteiger partial charge in [-0.2, -0.15) is 5.10 Å². The van der Waals surface area contributed by atoms with Crippen LogP contribution in [-0.4, -0.2) is 40.9 Å². The number of alkyl halides is 2. The van der Waals surface area contributed by atoms with E-state index >= 15 is 0 Å². The molecule has 174 valence electrons. The van der Waals surface area contributed by atoms with Crippen LogP contribution in [0.1, 0.15) is 39.7 Å². The first-order chi connectivity index (χ1) is 15.1. The molecule has 1 aliphatic rings. The van der Waals surface area contributed by atoms with Crippen molar-refractivity contribution in [2.45, 2.75) is 52.7 Å². The van der Waals surface area contributed by atoms with Gasteiger partial charge in [0.15, 0.2) is 5.82 Å². The van der Waals surface area contributed by atoms with Crippen LogP contribution in [0.15, 0.2) is 30.3 Å². The number of hydrogen-bond acceptors (Lipinski definition) is 4. The normalized spacial score (nSPS) is 18.8. The highest BCUT2D eigenvalue weighted by Crippen LogP contribution is 2.34. The minimum Gasteiger partial charge on any atom is -0.377 e. The Bertz CT molecular complexity index is 974. The molecule has 1 aliphatic heterocycles. The molecule has 2 aromatic rings. The molecule has 2 N–H and O–H groups in total. The van der Waals surface area contributed by atoms with Crippen molar-refractivity contribution in [1.29, 1.82) is 0 Å². The second-order valence-electron chi connectivity index (χ2n) is 8.33. The van der Waals surface area contributed by atoms with Crippen LogP contribution in [0.5, 0.6) is 0 Å². The van der Waals surface area contributed by atoms with E-state index in [1.165, 1.54) is 19.1 Å². The highest BCUT2D eigenvalue weighted by Gasteiger charge is 2.36. The van der Waals surface area contributed by atoms with Crippen molar-refractivity contribution in [3.63, 3.8) is 0 Å². The van der Waals surface area contributed by atoms with E-state index in [1.807, 2.05) is 13.8 Å². The maximum absolute atomic E-state index is 14.3. The van der Waals surface area contributed by atoms with Crippen molar-refractivity contribution in [2.75, 3.05) is 18.5 Å². The molecule has 0 unspecified atom stereocenters. The Labute approximate surface area is 186 Å². The van der Waals surface area contributed by atoms with Gasteiger partial charge in [0.1, 0.15) is 0 Å². The summed E-state index contributed by atoms with van der Waals surface area (Å²) in [5.74, 6) is -4.02. The van der Waals surface area contributed by atoms with Crippen LogP contribution in [0.4, 0.5) is 14.6 Å². The van der Waals surface area contributed by atoms with Crippen molar-refractivity contribution < 1.29 is 23.1 Å². The van der Waals surface area contributed by atoms with Gasteiger partial charge in [-0.25, -0.2) is 8.78 Å². The van der Waals surface area contributed by atoms with E-state index in [0.29, 0.717) is 30.2 Å². The lowest BCUT2D eigenvalue weighted by atomic mass is 9.97. The molecule has 0 aliphatic carbocycles. The third kappa shape index (κ3) is 5.32. The fourth-order valence-corrected chi connectivity index (χ4v) is 3.64. The van der Waals surface area contributed by atoms with E-state index in [0.717, 1.165) is 0 Å². The second-order valence-corrected chi connectivity index (χ2v) is 8.33. The molecular formula is C23H30F2N4O3. The summed E-state index contributed by atoms with van der Waals surface area (Å²) in [5, 5.41) is 9.91. The van der Waals surface area contributed by atoms with Gasteiger partial charge in [-0.05, 0) is 19.9 Å². The molecule has 0 saturated carbocycles. The van der Waals surface area contributed by atoms with Crippen molar-refractivity contribution in [3.05, 3.63) is 35.9 Å². The van der Waals surface area contributed by atoms with Crippen molar-refractivity contribution in [3.8, 4) is 11.3 Å². The zero-order valence-electron chi connectivity index (χ0n) is 18.8. The van der Waals surface area contributed by atoms with Crippen LogP contribution in [0, 0.1) is 11.8 Å². The van der Waals surface area contributed by atoms with Gasteiger partial charge in [0, 0.05) is 36.1 Å². The fourth-order valence-electron chi connectivity index (χ4n) is 3.64. The van der Waals surface area contributed by atoms with E-state index in [9.17, 15) is 18.4 Å². The highest BCUT2D eigenvalue weighted by molar-refractivity contribution is 5.97. The molecule has 7 nitrogen and oxygen atoms in total. The number of halogens is 2. The standard InChI is InChI=1S/C23H30F2N4O3/c1-5-23(24,25)17-8-6-7-16(11-17)19-12-20(28-29(19)9-10-32-14(2)3)27-22(31)18-13-26-21(30)15(18)4/h6-8,11-12,14-15,18H,5,9-10,13H2,1-4H3,(H,26,30)(H,27,28,31)/t15-,18+/m1/s1. The van der Waals surface area contributed by atoms with Crippen LogP contribution in [0.25, 0.3) is 11.3 Å². The van der Waals surface area contributed by atoms with Gasteiger partial charge in [0.25, 0.3) is 5.92 Å². The van der Waals surface area contributed by atoms with Gasteiger partial charge in [0.2, 0.25) is 11.8 Å². The summed E-state index contributed by atoms with van der Waals surface area (Å²) in [6.45, 7) is 8.03. The Morgan fingerprint density at radius 1 is 1.38 bits per heavy atom. The molecule has 9 heteroatoms. The summed E-state index contributed by atoms with van der Waals surface area (Å²) in [5.41, 5.74) is 1.09. The van der Waals surface area contributed by atoms with Crippen LogP contribution in [0.3, 0.4) is 0 Å². The molecule has 1 fully saturated rings. The van der Waals surface area contributed by atoms with Gasteiger partial charge in [-0.3, -0.25) is 14.3 Å². The van der Waals surface area contributed by atoms with E-state index in [-0.39, 0.29) is 36.4 Å². The third-order valence-electron chi connectivity index (χ3n) is 5.66. The molecule has 0 radical (unpaired) electrons. The number of amides is 2. The molecule has 32 heavy (non-hydrogen) atoms. The topological polar surface area (TPSA) is 85.3 Å². The van der Waals surface area contributed by atoms with Crippen LogP contribution < -0.4 is 10.6 Å². The quantitative estimate of drug-likeness (QED) is 0.611. The highest BCUT2D eigenvalue weighted by atomic mass is 19.3. The van der Waals surface area contributed by atoms with Gasteiger partial charge in [-0.1, -0.05) is 32.0 Å². The number of carbonyl (C=O) groups is 2. The van der Waals surface area contributed by atoms with E-state index < -0.39 is 17.8 Å². The first-order valence-corrected chi connectivity index (χ1v) is 10.9. The minimum absolute atomic E-state index is 0.0358. The molecule has 2 amide bonds. The zero-order valence-corrected chi connectivity index (χ0v) is 18.8. The zero-order chi connectivity index (χ0) is 23.5. The molecule has 3 rings (SSSR count). The lowest BCUT2D eigenvalue weighted by Gasteiger charge is -2.16. The van der Waals surface area contributed by atoms with E-state index in [2.05, 4.69) is 15.7 Å². The number of ether oxygens (including phenoxy) is 1. The Balaban J connectivity index is 1.89. The maximum Gasteiger partial charge on any atom is 0.273 e. The summed E-state index contributed by atoms with van der Waals surface area (Å²) in [6, 6.07) is 7.84. The first-order valence-electron chi connectivity index (χ1n) is 10.9. The molecule has 0 bridgehead atoms. The molecule has 1 aromatic carbocycles. The maximum atomic E-state index is 14.3. The molecule has 2 heterocycles. The lowest BCUT2D eigenvalue weighted by molar-refractivity contribution is -0.126. The second kappa shape index (κ2) is 9.77. The number of benzene rings is 1. The largest absolute Gasteiger partial charge is 0.377 e. The Morgan fingerprint density at radius 2 is 2.12 bits per heavy atom. The van der Waals surface area contributed by atoms with Gasteiger partial charge < -0.3 is 15.4 Å². The number of carbonyl (C=O) groups excluding carboxylic acids is 2. The minimum atomic E-state index is -2.93. The van der Waals surface area contributed by atoms with Gasteiger partial charge >= 0.3 is 0 Å². The molecule has 0 spiro atoms. The summed E-state index contributed by atoms with van der Waals surface area (Å²) in [6.07, 6.45) is -0.264. The number of nitrogens with zero attached hydrogens (tertiary/aromatic N) is 2. The fraction of sp³-hybridized carbons (Fsp3) is 0.522.